The van der Waals surface area contributed by atoms with Crippen molar-refractivity contribution in [2.75, 3.05) is 30.3 Å². The fraction of sp³-hybridized carbons (Fsp3) is 0.464. The highest BCUT2D eigenvalue weighted by Crippen LogP contribution is 2.42. The van der Waals surface area contributed by atoms with Gasteiger partial charge in [0.1, 0.15) is 11.9 Å². The van der Waals surface area contributed by atoms with E-state index in [-0.39, 0.29) is 41.3 Å². The summed E-state index contributed by atoms with van der Waals surface area (Å²) in [7, 11) is 0. The van der Waals surface area contributed by atoms with Crippen LogP contribution in [0.5, 0.6) is 5.88 Å². The van der Waals surface area contributed by atoms with Crippen molar-refractivity contribution >= 4 is 23.7 Å². The number of nitrogens with zero attached hydrogens (tertiary/aromatic N) is 5. The number of nitrogen functional groups attached to an aromatic ring is 1. The van der Waals surface area contributed by atoms with Crippen LogP contribution in [0.3, 0.4) is 0 Å². The van der Waals surface area contributed by atoms with Gasteiger partial charge in [0.05, 0.1) is 11.4 Å². The quantitative estimate of drug-likeness (QED) is 0.283. The topological polar surface area (TPSA) is 169 Å². The van der Waals surface area contributed by atoms with Crippen molar-refractivity contribution in [2.24, 2.45) is 5.41 Å². The monoisotopic (exact) mass is 603 g/mol. The highest BCUT2D eigenvalue weighted by Gasteiger charge is 2.46. The van der Waals surface area contributed by atoms with Crippen molar-refractivity contribution in [3.8, 4) is 11.6 Å². The molecule has 5 rings (SSSR count). The Hall–Kier alpha value is -4.40. The Kier molecular flexibility index (Phi) is 8.18. The number of halogens is 3. The highest BCUT2D eigenvalue weighted by molar-refractivity contribution is 5.74. The Balaban J connectivity index is 1.41. The first-order chi connectivity index (χ1) is 20.3. The number of aliphatic carboxylic acids is 2. The van der Waals surface area contributed by atoms with Crippen molar-refractivity contribution < 1.29 is 37.7 Å². The van der Waals surface area contributed by atoms with E-state index in [2.05, 4.69) is 20.4 Å². The molecule has 3 aromatic rings. The summed E-state index contributed by atoms with van der Waals surface area (Å²) in [6.07, 6.45) is -4.00. The number of alkyl halides is 3. The lowest BCUT2D eigenvalue weighted by Crippen LogP contribution is -2.41. The highest BCUT2D eigenvalue weighted by atomic mass is 19.4. The van der Waals surface area contributed by atoms with Crippen molar-refractivity contribution in [1.82, 2.24) is 25.1 Å². The molecule has 0 bridgehead atoms. The summed E-state index contributed by atoms with van der Waals surface area (Å²) in [5.41, 5.74) is 6.69. The van der Waals surface area contributed by atoms with Crippen LogP contribution >= 0.6 is 0 Å². The molecule has 5 N–H and O–H groups in total. The predicted octanol–water partition coefficient (Wildman–Crippen LogP) is 3.29. The van der Waals surface area contributed by atoms with Crippen LogP contribution in [0, 0.1) is 12.3 Å². The van der Waals surface area contributed by atoms with Gasteiger partial charge in [-0.1, -0.05) is 12.1 Å². The molecule has 0 unspecified atom stereocenters. The third-order valence-electron chi connectivity index (χ3n) is 8.02. The first-order valence-corrected chi connectivity index (χ1v) is 13.8. The van der Waals surface area contributed by atoms with E-state index in [1.54, 1.807) is 13.0 Å². The number of piperidine rings is 1. The number of carboxylic acids is 2. The summed E-state index contributed by atoms with van der Waals surface area (Å²) in [4.78, 5) is 32.5. The van der Waals surface area contributed by atoms with Crippen molar-refractivity contribution in [3.05, 3.63) is 53.3 Å². The number of nitrogens with one attached hydrogen (secondary N) is 1. The number of anilines is 2. The van der Waals surface area contributed by atoms with Crippen LogP contribution in [0.2, 0.25) is 0 Å². The number of carbonyl (C=O) groups is 2. The number of hydrogen-bond donors (Lipinski definition) is 4. The molecule has 0 saturated carbocycles. The molecular weight excluding hydrogens is 571 g/mol. The first-order valence-electron chi connectivity index (χ1n) is 13.8. The van der Waals surface area contributed by atoms with E-state index in [4.69, 9.17) is 15.6 Å². The molecule has 15 heteroatoms. The van der Waals surface area contributed by atoms with Crippen molar-refractivity contribution in [3.63, 3.8) is 0 Å². The number of nitrogens with two attached hydrogens (primary N) is 1. The molecule has 12 nitrogen and oxygen atoms in total. The molecule has 2 atom stereocenters. The Labute approximate surface area is 244 Å². The van der Waals surface area contributed by atoms with Gasteiger partial charge < -0.3 is 30.9 Å². The van der Waals surface area contributed by atoms with Crippen LogP contribution in [0.25, 0.3) is 5.69 Å². The first kappa shape index (κ1) is 30.1. The van der Waals surface area contributed by atoms with Crippen LogP contribution in [0.4, 0.5) is 24.9 Å². The maximum atomic E-state index is 14.6. The zero-order valence-electron chi connectivity index (χ0n) is 23.3. The minimum absolute atomic E-state index is 0.0896. The number of rotatable bonds is 9. The van der Waals surface area contributed by atoms with Crippen LogP contribution in [0.15, 0.2) is 36.5 Å². The lowest BCUT2D eigenvalue weighted by Gasteiger charge is -2.39. The van der Waals surface area contributed by atoms with E-state index in [9.17, 15) is 27.9 Å². The summed E-state index contributed by atoms with van der Waals surface area (Å²) in [6, 6.07) is 6.54. The second-order valence-electron chi connectivity index (χ2n) is 11.1. The van der Waals surface area contributed by atoms with E-state index < -0.39 is 30.3 Å². The lowest BCUT2D eigenvalue weighted by molar-refractivity contribution is -0.198. The van der Waals surface area contributed by atoms with Gasteiger partial charge in [-0.25, -0.2) is 4.68 Å². The van der Waals surface area contributed by atoms with Gasteiger partial charge in [0.25, 0.3) is 0 Å². The molecule has 2 aromatic heterocycles. The van der Waals surface area contributed by atoms with E-state index in [1.165, 1.54) is 35.1 Å². The minimum Gasteiger partial charge on any atom is -0.481 e. The van der Waals surface area contributed by atoms with E-state index in [0.717, 1.165) is 0 Å². The Morgan fingerprint density at radius 1 is 1.19 bits per heavy atom. The molecule has 2 saturated heterocycles. The van der Waals surface area contributed by atoms with Gasteiger partial charge in [0.2, 0.25) is 17.9 Å². The summed E-state index contributed by atoms with van der Waals surface area (Å²) in [5.74, 6) is -2.22. The van der Waals surface area contributed by atoms with E-state index >= 15 is 0 Å². The summed E-state index contributed by atoms with van der Waals surface area (Å²) < 4.78 is 50.6. The molecule has 230 valence electrons. The lowest BCUT2D eigenvalue weighted by atomic mass is 9.76. The van der Waals surface area contributed by atoms with Gasteiger partial charge in [-0.05, 0) is 55.7 Å². The van der Waals surface area contributed by atoms with Crippen LogP contribution in [-0.2, 0) is 16.0 Å². The zero-order valence-corrected chi connectivity index (χ0v) is 23.3. The minimum atomic E-state index is -4.87. The van der Waals surface area contributed by atoms with Crippen LogP contribution < -0.4 is 20.7 Å². The third kappa shape index (κ3) is 6.82. The molecule has 0 amide bonds. The molecule has 2 aliphatic rings. The van der Waals surface area contributed by atoms with E-state index in [1.807, 2.05) is 4.90 Å². The van der Waals surface area contributed by atoms with Gasteiger partial charge >= 0.3 is 18.1 Å². The van der Waals surface area contributed by atoms with E-state index in [0.29, 0.717) is 56.0 Å². The maximum absolute atomic E-state index is 14.6. The molecule has 0 radical (unpaired) electrons. The summed E-state index contributed by atoms with van der Waals surface area (Å²) >= 11 is 0. The van der Waals surface area contributed by atoms with Crippen molar-refractivity contribution in [1.29, 1.82) is 0 Å². The average Bonchev–Trinajstić information content (AvgIpc) is 3.57. The summed E-state index contributed by atoms with van der Waals surface area (Å²) in [5, 5.41) is 25.7. The van der Waals surface area contributed by atoms with Crippen LogP contribution in [0.1, 0.15) is 48.6 Å². The fourth-order valence-electron chi connectivity index (χ4n) is 5.73. The Bertz CT molecular complexity index is 1500. The van der Waals surface area contributed by atoms with Gasteiger partial charge in [-0.3, -0.25) is 9.59 Å². The predicted molar refractivity (Wildman–Crippen MR) is 148 cm³/mol. The second kappa shape index (κ2) is 11.7. The fourth-order valence-corrected chi connectivity index (χ4v) is 5.73. The second-order valence-corrected chi connectivity index (χ2v) is 11.1. The molecule has 2 aliphatic heterocycles. The molecule has 2 fully saturated rings. The number of carboxylic acid groups (broad SMARTS) is 2. The van der Waals surface area contributed by atoms with Gasteiger partial charge in [-0.15, -0.1) is 0 Å². The number of aromatic nitrogens is 4. The molecule has 43 heavy (non-hydrogen) atoms. The largest absolute Gasteiger partial charge is 0.481 e. The van der Waals surface area contributed by atoms with Gasteiger partial charge in [0, 0.05) is 43.9 Å². The van der Waals surface area contributed by atoms with Gasteiger partial charge in [0.15, 0.2) is 0 Å². The Morgan fingerprint density at radius 2 is 1.93 bits per heavy atom. The molecule has 4 heterocycles. The number of ether oxygens (including phenoxy) is 1. The van der Waals surface area contributed by atoms with Crippen molar-refractivity contribution in [2.45, 2.75) is 57.3 Å². The number of benzene rings is 1. The molecule has 1 aromatic carbocycles. The standard InChI is InChI=1S/C28H32F3N7O5/c1-16-6-9-38(36-16)20-12-17(3-5-23(39)40)2-4-18(20)24(28(29,30)31)43-22-13-21(34-26(32)35-22)37-10-7-27(8-11-37)14-19(25(41)42)33-15-27/h2,4,6,9,12-13,19,24,33H,3,5,7-8,10-11,14-15H2,1H3,(H,39,40)(H,41,42)(H2,32,34,35)/t19-,24+/m0/s1. The maximum Gasteiger partial charge on any atom is 0.429 e. The molecule has 0 aliphatic carbocycles. The summed E-state index contributed by atoms with van der Waals surface area (Å²) in [6.45, 7) is 3.29. The SMILES string of the molecule is Cc1ccn(-c2cc(CCC(=O)O)ccc2[C@@H](Oc2cc(N3CCC4(CC3)CN[C@H](C(=O)O)C4)nc(N)n2)C(F)(F)F)n1. The number of hydrogen-bond acceptors (Lipinski definition) is 9. The number of aryl methyl sites for hydroxylation is 2. The average molecular weight is 604 g/mol. The molecule has 1 spiro atoms. The third-order valence-corrected chi connectivity index (χ3v) is 8.02. The Morgan fingerprint density at radius 3 is 2.53 bits per heavy atom. The van der Waals surface area contributed by atoms with Crippen LogP contribution in [-0.4, -0.2) is 73.8 Å². The smallest absolute Gasteiger partial charge is 0.429 e. The van der Waals surface area contributed by atoms with Gasteiger partial charge in [-0.2, -0.15) is 28.2 Å². The zero-order chi connectivity index (χ0) is 30.9. The molecular formula is C28H32F3N7O5. The normalized spacial score (nSPS) is 19.0.